The fraction of sp³-hybridized carbons (Fsp3) is 0.500. The minimum absolute atomic E-state index is 0.0856. The summed E-state index contributed by atoms with van der Waals surface area (Å²) in [6.07, 6.45) is 0.555. The molecule has 0 unspecified atom stereocenters. The van der Waals surface area contributed by atoms with Gasteiger partial charge in [0, 0.05) is 6.54 Å². The van der Waals surface area contributed by atoms with Crippen molar-refractivity contribution in [3.8, 4) is 11.5 Å². The third-order valence-electron chi connectivity index (χ3n) is 2.58. The minimum Gasteiger partial charge on any atom is -0.497 e. The third-order valence-corrected chi connectivity index (χ3v) is 3.99. The van der Waals surface area contributed by atoms with Gasteiger partial charge in [0.25, 0.3) is 0 Å². The molecule has 0 aromatic heterocycles. The summed E-state index contributed by atoms with van der Waals surface area (Å²) in [6, 6.07) is 5.46. The largest absolute Gasteiger partial charge is 0.497 e. The molecule has 0 aliphatic carbocycles. The molecule has 0 spiro atoms. The van der Waals surface area contributed by atoms with E-state index in [1.54, 1.807) is 27.2 Å². The van der Waals surface area contributed by atoms with Crippen molar-refractivity contribution >= 4 is 10.0 Å². The van der Waals surface area contributed by atoms with Crippen molar-refractivity contribution in [2.45, 2.75) is 13.3 Å². The fourth-order valence-electron chi connectivity index (χ4n) is 1.52. The van der Waals surface area contributed by atoms with Crippen LogP contribution in [0.2, 0.25) is 0 Å². The number of methoxy groups -OCH3 is 2. The molecule has 0 saturated heterocycles. The van der Waals surface area contributed by atoms with Crippen molar-refractivity contribution in [1.82, 2.24) is 4.72 Å². The van der Waals surface area contributed by atoms with Crippen molar-refractivity contribution in [1.29, 1.82) is 0 Å². The predicted octanol–water partition coefficient (Wildman–Crippen LogP) is 1.19. The fourth-order valence-corrected chi connectivity index (χ4v) is 2.14. The molecular formula is C12H19NO4S. The average Bonchev–Trinajstić information content (AvgIpc) is 2.38. The van der Waals surface area contributed by atoms with E-state index >= 15 is 0 Å². The Labute approximate surface area is 108 Å². The molecule has 1 aromatic rings. The quantitative estimate of drug-likeness (QED) is 0.810. The van der Waals surface area contributed by atoms with E-state index < -0.39 is 10.0 Å². The maximum Gasteiger partial charge on any atom is 0.211 e. The Bertz CT molecular complexity index is 485. The highest BCUT2D eigenvalue weighted by Gasteiger charge is 2.08. The Morgan fingerprint density at radius 3 is 2.50 bits per heavy atom. The molecule has 1 rings (SSSR count). The van der Waals surface area contributed by atoms with E-state index in [4.69, 9.17) is 9.47 Å². The van der Waals surface area contributed by atoms with Crippen LogP contribution < -0.4 is 14.2 Å². The van der Waals surface area contributed by atoms with E-state index in [1.165, 1.54) is 0 Å². The average molecular weight is 273 g/mol. The second-order valence-corrected chi connectivity index (χ2v) is 5.82. The van der Waals surface area contributed by atoms with E-state index in [-0.39, 0.29) is 5.75 Å². The van der Waals surface area contributed by atoms with Crippen molar-refractivity contribution in [3.05, 3.63) is 23.8 Å². The van der Waals surface area contributed by atoms with Crippen LogP contribution in [0.25, 0.3) is 0 Å². The summed E-state index contributed by atoms with van der Waals surface area (Å²) in [7, 11) is 0.0266. The van der Waals surface area contributed by atoms with Crippen molar-refractivity contribution in [2.75, 3.05) is 26.5 Å². The Morgan fingerprint density at radius 2 is 1.94 bits per heavy atom. The van der Waals surface area contributed by atoms with Crippen LogP contribution in [0.3, 0.4) is 0 Å². The first-order valence-electron chi connectivity index (χ1n) is 5.70. The van der Waals surface area contributed by atoms with Crippen LogP contribution in [0, 0.1) is 0 Å². The molecule has 0 amide bonds. The summed E-state index contributed by atoms with van der Waals surface area (Å²) in [4.78, 5) is 0. The lowest BCUT2D eigenvalue weighted by Gasteiger charge is -2.10. The van der Waals surface area contributed by atoms with Crippen LogP contribution in [0.4, 0.5) is 0 Å². The van der Waals surface area contributed by atoms with E-state index in [1.807, 2.05) is 12.1 Å². The second kappa shape index (κ2) is 6.61. The van der Waals surface area contributed by atoms with Crippen LogP contribution in [-0.2, 0) is 16.4 Å². The molecule has 1 aromatic carbocycles. The lowest BCUT2D eigenvalue weighted by atomic mass is 10.1. The smallest absolute Gasteiger partial charge is 0.211 e. The highest BCUT2D eigenvalue weighted by molar-refractivity contribution is 7.89. The van der Waals surface area contributed by atoms with Gasteiger partial charge in [-0.2, -0.15) is 0 Å². The third kappa shape index (κ3) is 4.19. The minimum atomic E-state index is -3.15. The number of hydrogen-bond donors (Lipinski definition) is 1. The van der Waals surface area contributed by atoms with Gasteiger partial charge in [0.05, 0.1) is 20.0 Å². The highest BCUT2D eigenvalue weighted by Crippen LogP contribution is 2.24. The zero-order valence-corrected chi connectivity index (χ0v) is 11.7. The van der Waals surface area contributed by atoms with E-state index in [0.29, 0.717) is 13.0 Å². The van der Waals surface area contributed by atoms with Gasteiger partial charge in [-0.15, -0.1) is 0 Å². The molecule has 5 nitrogen and oxygen atoms in total. The Morgan fingerprint density at radius 1 is 1.22 bits per heavy atom. The second-order valence-electron chi connectivity index (χ2n) is 3.73. The molecule has 0 aliphatic rings. The van der Waals surface area contributed by atoms with E-state index in [2.05, 4.69) is 4.72 Å². The SMILES string of the molecule is CCS(=O)(=O)NCCc1cc(OC)ccc1OC. The van der Waals surface area contributed by atoms with Gasteiger partial charge in [-0.25, -0.2) is 13.1 Å². The molecule has 0 aliphatic heterocycles. The molecule has 0 atom stereocenters. The molecule has 0 bridgehead atoms. The van der Waals surface area contributed by atoms with Gasteiger partial charge in [-0.05, 0) is 37.1 Å². The number of sulfonamides is 1. The molecule has 0 saturated carbocycles. The molecule has 0 radical (unpaired) electrons. The maximum absolute atomic E-state index is 11.3. The zero-order valence-electron chi connectivity index (χ0n) is 10.9. The molecule has 102 valence electrons. The normalized spacial score (nSPS) is 11.3. The summed E-state index contributed by atoms with van der Waals surface area (Å²) in [5.74, 6) is 1.54. The Balaban J connectivity index is 2.71. The maximum atomic E-state index is 11.3. The van der Waals surface area contributed by atoms with Gasteiger partial charge in [0.1, 0.15) is 11.5 Å². The lowest BCUT2D eigenvalue weighted by molar-refractivity contribution is 0.398. The zero-order chi connectivity index (χ0) is 13.6. The van der Waals surface area contributed by atoms with Gasteiger partial charge in [-0.1, -0.05) is 0 Å². The number of ether oxygens (including phenoxy) is 2. The van der Waals surface area contributed by atoms with Crippen molar-refractivity contribution in [2.24, 2.45) is 0 Å². The van der Waals surface area contributed by atoms with Crippen molar-refractivity contribution < 1.29 is 17.9 Å². The number of hydrogen-bond acceptors (Lipinski definition) is 4. The number of nitrogens with one attached hydrogen (secondary N) is 1. The lowest BCUT2D eigenvalue weighted by Crippen LogP contribution is -2.27. The molecule has 0 fully saturated rings. The number of benzene rings is 1. The molecule has 6 heteroatoms. The summed E-state index contributed by atoms with van der Waals surface area (Å²) in [6.45, 7) is 1.95. The first-order chi connectivity index (χ1) is 8.52. The van der Waals surface area contributed by atoms with Gasteiger partial charge < -0.3 is 9.47 Å². The van der Waals surface area contributed by atoms with Gasteiger partial charge in [-0.3, -0.25) is 0 Å². The summed E-state index contributed by atoms with van der Waals surface area (Å²) < 4.78 is 35.5. The first kappa shape index (κ1) is 14.8. The van der Waals surface area contributed by atoms with Crippen LogP contribution in [0.15, 0.2) is 18.2 Å². The molecular weight excluding hydrogens is 254 g/mol. The monoisotopic (exact) mass is 273 g/mol. The van der Waals surface area contributed by atoms with Crippen LogP contribution in [0.5, 0.6) is 11.5 Å². The topological polar surface area (TPSA) is 64.6 Å². The van der Waals surface area contributed by atoms with Gasteiger partial charge in [0.15, 0.2) is 0 Å². The Kier molecular flexibility index (Phi) is 5.43. The van der Waals surface area contributed by atoms with E-state index in [9.17, 15) is 8.42 Å². The summed E-state index contributed by atoms with van der Waals surface area (Å²) >= 11 is 0. The first-order valence-corrected chi connectivity index (χ1v) is 7.36. The standard InChI is InChI=1S/C12H19NO4S/c1-4-18(14,15)13-8-7-10-9-11(16-2)5-6-12(10)17-3/h5-6,9,13H,4,7-8H2,1-3H3. The summed E-state index contributed by atoms with van der Waals surface area (Å²) in [5.41, 5.74) is 0.913. The Hall–Kier alpha value is -1.27. The van der Waals surface area contributed by atoms with Crippen LogP contribution in [0.1, 0.15) is 12.5 Å². The van der Waals surface area contributed by atoms with E-state index in [0.717, 1.165) is 17.1 Å². The molecule has 0 heterocycles. The molecule has 18 heavy (non-hydrogen) atoms. The predicted molar refractivity (Wildman–Crippen MR) is 70.7 cm³/mol. The summed E-state index contributed by atoms with van der Waals surface area (Å²) in [5, 5.41) is 0. The molecule has 1 N–H and O–H groups in total. The van der Waals surface area contributed by atoms with Gasteiger partial charge in [0.2, 0.25) is 10.0 Å². The highest BCUT2D eigenvalue weighted by atomic mass is 32.2. The van der Waals surface area contributed by atoms with Crippen LogP contribution >= 0.6 is 0 Å². The van der Waals surface area contributed by atoms with Gasteiger partial charge >= 0.3 is 0 Å². The van der Waals surface area contributed by atoms with Crippen LogP contribution in [-0.4, -0.2) is 34.9 Å². The van der Waals surface area contributed by atoms with Crippen molar-refractivity contribution in [3.63, 3.8) is 0 Å². The number of rotatable bonds is 7.